The first-order valence-corrected chi connectivity index (χ1v) is 7.50. The Labute approximate surface area is 114 Å². The van der Waals surface area contributed by atoms with Crippen molar-refractivity contribution in [2.24, 2.45) is 5.92 Å². The summed E-state index contributed by atoms with van der Waals surface area (Å²) in [7, 11) is -4.43. The Morgan fingerprint density at radius 3 is 2.40 bits per heavy atom. The van der Waals surface area contributed by atoms with Gasteiger partial charge < -0.3 is 5.11 Å². The number of sulfonamides is 1. The van der Waals surface area contributed by atoms with Crippen molar-refractivity contribution in [3.05, 3.63) is 29.8 Å². The molecule has 2 atom stereocenters. The number of rotatable bonds is 4. The molecule has 0 aromatic heterocycles. The number of aliphatic carboxylic acids is 1. The standard InChI is InChI=1S/C12H13F2NO4S/c13-8-4-2-5-9(14)11(8)20(18,19)15-10-6-1-3-7(10)12(16)17/h2,4-5,7,10,15H,1,3,6H2,(H,16,17). The van der Waals surface area contributed by atoms with E-state index in [0.29, 0.717) is 19.3 Å². The minimum Gasteiger partial charge on any atom is -0.481 e. The SMILES string of the molecule is O=C(O)C1CCCC1NS(=O)(=O)c1c(F)cccc1F. The molecule has 1 aromatic rings. The highest BCUT2D eigenvalue weighted by molar-refractivity contribution is 7.89. The van der Waals surface area contributed by atoms with Crippen LogP contribution in [0.1, 0.15) is 19.3 Å². The molecule has 1 aromatic carbocycles. The molecule has 0 aliphatic heterocycles. The Bertz CT molecular complexity index is 612. The van der Waals surface area contributed by atoms with Crippen molar-refractivity contribution in [1.29, 1.82) is 0 Å². The molecule has 20 heavy (non-hydrogen) atoms. The first kappa shape index (κ1) is 14.9. The van der Waals surface area contributed by atoms with Gasteiger partial charge in [-0.3, -0.25) is 4.79 Å². The summed E-state index contributed by atoms with van der Waals surface area (Å²) in [5, 5.41) is 8.98. The fraction of sp³-hybridized carbons (Fsp3) is 0.417. The van der Waals surface area contributed by atoms with Gasteiger partial charge in [0.1, 0.15) is 11.6 Å². The molecule has 0 saturated heterocycles. The Hall–Kier alpha value is -1.54. The molecule has 2 unspecified atom stereocenters. The van der Waals surface area contributed by atoms with Crippen LogP contribution < -0.4 is 4.72 Å². The maximum absolute atomic E-state index is 13.5. The van der Waals surface area contributed by atoms with Crippen molar-refractivity contribution >= 4 is 16.0 Å². The number of benzene rings is 1. The van der Waals surface area contributed by atoms with Crippen LogP contribution in [-0.2, 0) is 14.8 Å². The minimum atomic E-state index is -4.43. The predicted octanol–water partition coefficient (Wildman–Crippen LogP) is 1.50. The van der Waals surface area contributed by atoms with E-state index in [1.165, 1.54) is 0 Å². The Morgan fingerprint density at radius 2 is 1.85 bits per heavy atom. The summed E-state index contributed by atoms with van der Waals surface area (Å²) in [4.78, 5) is 9.91. The lowest BCUT2D eigenvalue weighted by Gasteiger charge is -2.18. The molecular formula is C12H13F2NO4S. The molecule has 0 spiro atoms. The lowest BCUT2D eigenvalue weighted by molar-refractivity contribution is -0.141. The second kappa shape index (κ2) is 5.45. The molecule has 2 rings (SSSR count). The third-order valence-electron chi connectivity index (χ3n) is 3.33. The second-order valence-electron chi connectivity index (χ2n) is 4.65. The highest BCUT2D eigenvalue weighted by Gasteiger charge is 2.37. The first-order valence-electron chi connectivity index (χ1n) is 6.02. The van der Waals surface area contributed by atoms with Crippen molar-refractivity contribution in [2.75, 3.05) is 0 Å². The average Bonchev–Trinajstić information content (AvgIpc) is 2.75. The van der Waals surface area contributed by atoms with Gasteiger partial charge in [-0.2, -0.15) is 0 Å². The molecular weight excluding hydrogens is 292 g/mol. The van der Waals surface area contributed by atoms with E-state index in [9.17, 15) is 22.0 Å². The van der Waals surface area contributed by atoms with Crippen molar-refractivity contribution in [2.45, 2.75) is 30.2 Å². The van der Waals surface area contributed by atoms with Crippen molar-refractivity contribution in [1.82, 2.24) is 4.72 Å². The molecule has 8 heteroatoms. The summed E-state index contributed by atoms with van der Waals surface area (Å²) in [5.74, 6) is -4.41. The molecule has 2 N–H and O–H groups in total. The third-order valence-corrected chi connectivity index (χ3v) is 4.87. The summed E-state index contributed by atoms with van der Waals surface area (Å²) in [6.07, 6.45) is 1.21. The van der Waals surface area contributed by atoms with Gasteiger partial charge in [0.15, 0.2) is 4.90 Å². The minimum absolute atomic E-state index is 0.326. The van der Waals surface area contributed by atoms with Crippen LogP contribution in [-0.4, -0.2) is 25.5 Å². The van der Waals surface area contributed by atoms with Gasteiger partial charge in [-0.05, 0) is 25.0 Å². The van der Waals surface area contributed by atoms with E-state index in [2.05, 4.69) is 4.72 Å². The maximum atomic E-state index is 13.5. The smallest absolute Gasteiger partial charge is 0.308 e. The van der Waals surface area contributed by atoms with Crippen LogP contribution in [0.25, 0.3) is 0 Å². The molecule has 1 saturated carbocycles. The zero-order valence-electron chi connectivity index (χ0n) is 10.3. The van der Waals surface area contributed by atoms with Crippen LogP contribution in [0.3, 0.4) is 0 Å². The van der Waals surface area contributed by atoms with Gasteiger partial charge in [0.25, 0.3) is 0 Å². The molecule has 0 heterocycles. The van der Waals surface area contributed by atoms with E-state index in [1.54, 1.807) is 0 Å². The molecule has 110 valence electrons. The summed E-state index contributed by atoms with van der Waals surface area (Å²) >= 11 is 0. The normalized spacial score (nSPS) is 22.9. The number of carboxylic acid groups (broad SMARTS) is 1. The van der Waals surface area contributed by atoms with Crippen molar-refractivity contribution in [3.63, 3.8) is 0 Å². The lowest BCUT2D eigenvalue weighted by Crippen LogP contribution is -2.40. The third kappa shape index (κ3) is 2.80. The van der Waals surface area contributed by atoms with E-state index in [-0.39, 0.29) is 0 Å². The van der Waals surface area contributed by atoms with Gasteiger partial charge >= 0.3 is 5.97 Å². The van der Waals surface area contributed by atoms with E-state index in [4.69, 9.17) is 5.11 Å². The van der Waals surface area contributed by atoms with E-state index in [0.717, 1.165) is 18.2 Å². The zero-order chi connectivity index (χ0) is 14.9. The lowest BCUT2D eigenvalue weighted by atomic mass is 10.1. The van der Waals surface area contributed by atoms with Crippen LogP contribution in [0.5, 0.6) is 0 Å². The topological polar surface area (TPSA) is 83.5 Å². The first-order chi connectivity index (χ1) is 9.33. The molecule has 0 amide bonds. The van der Waals surface area contributed by atoms with E-state index < -0.39 is 44.5 Å². The fourth-order valence-corrected chi connectivity index (χ4v) is 3.84. The fourth-order valence-electron chi connectivity index (χ4n) is 2.39. The average molecular weight is 305 g/mol. The Kier molecular flexibility index (Phi) is 4.05. The van der Waals surface area contributed by atoms with Gasteiger partial charge in [-0.1, -0.05) is 12.5 Å². The van der Waals surface area contributed by atoms with Crippen molar-refractivity contribution in [3.8, 4) is 0 Å². The van der Waals surface area contributed by atoms with Crippen molar-refractivity contribution < 1.29 is 27.1 Å². The molecule has 0 bridgehead atoms. The van der Waals surface area contributed by atoms with Gasteiger partial charge in [-0.15, -0.1) is 0 Å². The van der Waals surface area contributed by atoms with Gasteiger partial charge in [0, 0.05) is 6.04 Å². The quantitative estimate of drug-likeness (QED) is 0.883. The zero-order valence-corrected chi connectivity index (χ0v) is 11.2. The van der Waals surface area contributed by atoms with Crippen LogP contribution in [0.4, 0.5) is 8.78 Å². The van der Waals surface area contributed by atoms with E-state index in [1.807, 2.05) is 0 Å². The van der Waals surface area contributed by atoms with Gasteiger partial charge in [0.2, 0.25) is 10.0 Å². The Balaban J connectivity index is 2.30. The predicted molar refractivity (Wildman–Crippen MR) is 65.4 cm³/mol. The van der Waals surface area contributed by atoms with Crippen LogP contribution >= 0.6 is 0 Å². The number of hydrogen-bond donors (Lipinski definition) is 2. The highest BCUT2D eigenvalue weighted by atomic mass is 32.2. The van der Waals surface area contributed by atoms with Crippen LogP contribution in [0.15, 0.2) is 23.1 Å². The summed E-state index contributed by atoms with van der Waals surface area (Å²) in [5.41, 5.74) is 0. The molecule has 1 fully saturated rings. The summed E-state index contributed by atoms with van der Waals surface area (Å²) in [6, 6.07) is 1.87. The summed E-state index contributed by atoms with van der Waals surface area (Å²) < 4.78 is 53.1. The van der Waals surface area contributed by atoms with Crippen LogP contribution in [0.2, 0.25) is 0 Å². The largest absolute Gasteiger partial charge is 0.481 e. The van der Waals surface area contributed by atoms with Crippen LogP contribution in [0, 0.1) is 17.6 Å². The van der Waals surface area contributed by atoms with Gasteiger partial charge in [0.05, 0.1) is 5.92 Å². The monoisotopic (exact) mass is 305 g/mol. The molecule has 1 aliphatic rings. The van der Waals surface area contributed by atoms with Gasteiger partial charge in [-0.25, -0.2) is 21.9 Å². The molecule has 5 nitrogen and oxygen atoms in total. The number of carboxylic acids is 1. The molecule has 0 radical (unpaired) electrons. The number of halogens is 2. The number of carbonyl (C=O) groups is 1. The second-order valence-corrected chi connectivity index (χ2v) is 6.31. The van der Waals surface area contributed by atoms with E-state index >= 15 is 0 Å². The summed E-state index contributed by atoms with van der Waals surface area (Å²) in [6.45, 7) is 0. The number of hydrogen-bond acceptors (Lipinski definition) is 3. The highest BCUT2D eigenvalue weighted by Crippen LogP contribution is 2.28. The Morgan fingerprint density at radius 1 is 1.25 bits per heavy atom. The molecule has 1 aliphatic carbocycles. The number of nitrogens with one attached hydrogen (secondary N) is 1. The maximum Gasteiger partial charge on any atom is 0.308 e.